The largest absolute Gasteiger partial charge is 0.481 e. The van der Waals surface area contributed by atoms with Crippen molar-refractivity contribution in [1.29, 1.82) is 0 Å². The Morgan fingerprint density at radius 1 is 0.958 bits per heavy atom. The summed E-state index contributed by atoms with van der Waals surface area (Å²) >= 11 is 0. The molecule has 1 aromatic heterocycles. The summed E-state index contributed by atoms with van der Waals surface area (Å²) in [7, 11) is 1.77. The first-order valence-electron chi connectivity index (χ1n) is 16.1. The van der Waals surface area contributed by atoms with E-state index in [0.29, 0.717) is 25.1 Å². The molecular formula is C32H41N7O9. The molecule has 16 nitrogen and oxygen atoms in total. The lowest BCUT2D eigenvalue weighted by molar-refractivity contribution is -0.147. The second-order valence-corrected chi connectivity index (χ2v) is 12.3. The lowest BCUT2D eigenvalue weighted by Crippen LogP contribution is -2.55. The van der Waals surface area contributed by atoms with Gasteiger partial charge in [-0.3, -0.25) is 24.0 Å². The van der Waals surface area contributed by atoms with Gasteiger partial charge in [0.05, 0.1) is 5.69 Å². The lowest BCUT2D eigenvalue weighted by atomic mass is 10.1. The van der Waals surface area contributed by atoms with Crippen LogP contribution in [0.1, 0.15) is 55.9 Å². The van der Waals surface area contributed by atoms with Gasteiger partial charge in [0, 0.05) is 58.3 Å². The predicted molar refractivity (Wildman–Crippen MR) is 168 cm³/mol. The minimum Gasteiger partial charge on any atom is -0.481 e. The van der Waals surface area contributed by atoms with E-state index in [1.54, 1.807) is 54.1 Å². The summed E-state index contributed by atoms with van der Waals surface area (Å²) < 4.78 is 7.46. The van der Waals surface area contributed by atoms with E-state index in [4.69, 9.17) is 4.74 Å². The highest BCUT2D eigenvalue weighted by atomic mass is 16.5. The first kappa shape index (κ1) is 34.2. The number of hydrogen-bond acceptors (Lipinski definition) is 8. The zero-order chi connectivity index (χ0) is 34.5. The quantitative estimate of drug-likeness (QED) is 0.294. The van der Waals surface area contributed by atoms with Crippen LogP contribution >= 0.6 is 0 Å². The number of nitrogens with one attached hydrogen (secondary N) is 1. The van der Waals surface area contributed by atoms with Crippen LogP contribution in [0.3, 0.4) is 0 Å². The van der Waals surface area contributed by atoms with Gasteiger partial charge in [0.1, 0.15) is 12.1 Å². The molecule has 48 heavy (non-hydrogen) atoms. The molecule has 1 aromatic carbocycles. The molecule has 2 aromatic rings. The Bertz CT molecular complexity index is 1540. The number of amides is 5. The molecule has 3 N–H and O–H groups in total. The first-order valence-corrected chi connectivity index (χ1v) is 16.1. The van der Waals surface area contributed by atoms with Crippen molar-refractivity contribution in [1.82, 2.24) is 34.7 Å². The van der Waals surface area contributed by atoms with E-state index in [2.05, 4.69) is 10.4 Å². The zero-order valence-electron chi connectivity index (χ0n) is 27.0. The van der Waals surface area contributed by atoms with E-state index < -0.39 is 48.5 Å². The highest BCUT2D eigenvalue weighted by Crippen LogP contribution is 2.29. The Balaban J connectivity index is 1.33. The molecule has 3 atom stereocenters. The van der Waals surface area contributed by atoms with Crippen LogP contribution in [0.5, 0.6) is 5.88 Å². The molecule has 0 bridgehead atoms. The molecular weight excluding hydrogens is 626 g/mol. The van der Waals surface area contributed by atoms with Gasteiger partial charge in [-0.05, 0) is 51.2 Å². The van der Waals surface area contributed by atoms with E-state index in [9.17, 15) is 39.0 Å². The third-order valence-corrected chi connectivity index (χ3v) is 8.93. The average Bonchev–Trinajstić information content (AvgIpc) is 3.67. The summed E-state index contributed by atoms with van der Waals surface area (Å²) in [6, 6.07) is 8.55. The van der Waals surface area contributed by atoms with Crippen molar-refractivity contribution in [2.24, 2.45) is 0 Å². The average molecular weight is 668 g/mol. The molecule has 258 valence electrons. The topological polar surface area (TPSA) is 195 Å². The minimum atomic E-state index is -1.21. The van der Waals surface area contributed by atoms with Crippen molar-refractivity contribution in [2.45, 2.75) is 69.7 Å². The molecule has 5 amide bonds. The SMILES string of the molecule is C[C@H](Oc1cc(C(=O)N[C@@H](CCC(=O)O)C(=O)N2CCN(C(=O)O)CC2)nn1-c1ccccc1)C(=O)N1CCC[C@H]1C(=O)N(C)C1CC1. The molecule has 5 rings (SSSR count). The molecule has 3 heterocycles. The maximum atomic E-state index is 13.6. The van der Waals surface area contributed by atoms with Crippen LogP contribution in [0.15, 0.2) is 36.4 Å². The number of benzene rings is 1. The number of aliphatic carboxylic acids is 1. The fourth-order valence-corrected chi connectivity index (χ4v) is 6.04. The van der Waals surface area contributed by atoms with Crippen molar-refractivity contribution < 1.29 is 43.7 Å². The van der Waals surface area contributed by atoms with Gasteiger partial charge < -0.3 is 39.9 Å². The van der Waals surface area contributed by atoms with E-state index in [1.807, 2.05) is 0 Å². The summed E-state index contributed by atoms with van der Waals surface area (Å²) in [6.07, 6.45) is 0.451. The number of ether oxygens (including phenoxy) is 1. The summed E-state index contributed by atoms with van der Waals surface area (Å²) in [5, 5.41) is 25.5. The number of carbonyl (C=O) groups excluding carboxylic acids is 4. The number of likely N-dealkylation sites (tertiary alicyclic amines) is 1. The molecule has 3 fully saturated rings. The molecule has 1 saturated carbocycles. The van der Waals surface area contributed by atoms with Gasteiger partial charge in [-0.1, -0.05) is 18.2 Å². The van der Waals surface area contributed by atoms with Gasteiger partial charge in [-0.2, -0.15) is 5.10 Å². The van der Waals surface area contributed by atoms with Gasteiger partial charge in [0.2, 0.25) is 17.7 Å². The number of para-hydroxylation sites is 1. The van der Waals surface area contributed by atoms with Crippen LogP contribution in [0, 0.1) is 0 Å². The molecule has 3 aliphatic rings. The monoisotopic (exact) mass is 667 g/mol. The second kappa shape index (κ2) is 14.7. The maximum absolute atomic E-state index is 13.6. The molecule has 16 heteroatoms. The van der Waals surface area contributed by atoms with E-state index in [1.165, 1.54) is 20.5 Å². The van der Waals surface area contributed by atoms with E-state index in [0.717, 1.165) is 12.8 Å². The number of nitrogens with zero attached hydrogens (tertiary/aromatic N) is 6. The van der Waals surface area contributed by atoms with Crippen molar-refractivity contribution >= 4 is 35.7 Å². The molecule has 1 aliphatic carbocycles. The standard InChI is InChI=1S/C32H41N7O9/c1-20(29(43)38-14-6-9-25(38)31(45)35(2)21-10-11-21)48-26-19-24(34-39(26)22-7-4-3-5-8-22)28(42)33-23(12-13-27(40)41)30(44)36-15-17-37(18-16-36)32(46)47/h3-5,7-8,19-21,23,25H,6,9-18H2,1-2H3,(H,33,42)(H,40,41)(H,46,47)/t20-,23-,25-/m0/s1. The lowest BCUT2D eigenvalue weighted by Gasteiger charge is -2.35. The van der Waals surface area contributed by atoms with Crippen LogP contribution in [0.4, 0.5) is 4.79 Å². The van der Waals surface area contributed by atoms with Crippen LogP contribution in [-0.4, -0.2) is 139 Å². The van der Waals surface area contributed by atoms with Gasteiger partial charge in [-0.25, -0.2) is 9.48 Å². The van der Waals surface area contributed by atoms with Gasteiger partial charge in [-0.15, -0.1) is 0 Å². The zero-order valence-corrected chi connectivity index (χ0v) is 27.0. The van der Waals surface area contributed by atoms with Crippen molar-refractivity contribution in [3.8, 4) is 11.6 Å². The summed E-state index contributed by atoms with van der Waals surface area (Å²) in [5.41, 5.74) is 0.388. The van der Waals surface area contributed by atoms with Crippen molar-refractivity contribution in [3.63, 3.8) is 0 Å². The summed E-state index contributed by atoms with van der Waals surface area (Å²) in [6.45, 7) is 2.35. The van der Waals surface area contributed by atoms with Crippen molar-refractivity contribution in [2.75, 3.05) is 39.8 Å². The number of carbonyl (C=O) groups is 6. The third-order valence-electron chi connectivity index (χ3n) is 8.93. The molecule has 0 unspecified atom stereocenters. The van der Waals surface area contributed by atoms with E-state index in [-0.39, 0.29) is 62.0 Å². The van der Waals surface area contributed by atoms with Crippen LogP contribution in [-0.2, 0) is 19.2 Å². The Hall–Kier alpha value is -5.15. The number of hydrogen-bond donors (Lipinski definition) is 3. The Labute approximate surface area is 277 Å². The Kier molecular flexibility index (Phi) is 10.5. The van der Waals surface area contributed by atoms with Crippen molar-refractivity contribution in [3.05, 3.63) is 42.1 Å². The number of piperazine rings is 1. The third kappa shape index (κ3) is 7.86. The van der Waals surface area contributed by atoms with Crippen LogP contribution in [0.2, 0.25) is 0 Å². The fraction of sp³-hybridized carbons (Fsp3) is 0.531. The number of rotatable bonds is 12. The predicted octanol–water partition coefficient (Wildman–Crippen LogP) is 1.04. The highest BCUT2D eigenvalue weighted by molar-refractivity contribution is 5.96. The number of carboxylic acids is 1. The second-order valence-electron chi connectivity index (χ2n) is 12.3. The maximum Gasteiger partial charge on any atom is 0.407 e. The van der Waals surface area contributed by atoms with E-state index >= 15 is 0 Å². The Morgan fingerprint density at radius 3 is 2.25 bits per heavy atom. The van der Waals surface area contributed by atoms with Crippen LogP contribution < -0.4 is 10.1 Å². The normalized spacial score (nSPS) is 19.0. The minimum absolute atomic E-state index is 0.0718. The number of aromatic nitrogens is 2. The smallest absolute Gasteiger partial charge is 0.407 e. The highest BCUT2D eigenvalue weighted by Gasteiger charge is 2.41. The number of carboxylic acid groups (broad SMARTS) is 2. The molecule has 0 spiro atoms. The van der Waals surface area contributed by atoms with Gasteiger partial charge in [0.15, 0.2) is 11.8 Å². The molecule has 0 radical (unpaired) electrons. The van der Waals surface area contributed by atoms with Gasteiger partial charge in [0.25, 0.3) is 11.8 Å². The fourth-order valence-electron chi connectivity index (χ4n) is 6.04. The molecule has 2 aliphatic heterocycles. The summed E-state index contributed by atoms with van der Waals surface area (Å²) in [4.78, 5) is 82.2. The van der Waals surface area contributed by atoms with Crippen LogP contribution in [0.25, 0.3) is 5.69 Å². The van der Waals surface area contributed by atoms with Gasteiger partial charge >= 0.3 is 12.1 Å². The number of likely N-dealkylation sites (N-methyl/N-ethyl adjacent to an activating group) is 1. The summed E-state index contributed by atoms with van der Waals surface area (Å²) in [5.74, 6) is -2.84. The Morgan fingerprint density at radius 2 is 1.62 bits per heavy atom. The molecule has 2 saturated heterocycles. The first-order chi connectivity index (χ1) is 22.9.